The molecule has 1 atom stereocenters. The van der Waals surface area contributed by atoms with Gasteiger partial charge in [0.25, 0.3) is 5.91 Å². The highest BCUT2D eigenvalue weighted by atomic mass is 35.5. The van der Waals surface area contributed by atoms with Gasteiger partial charge in [0.05, 0.1) is 5.36 Å². The first-order chi connectivity index (χ1) is 16.6. The number of thioether (sulfide) groups is 1. The summed E-state index contributed by atoms with van der Waals surface area (Å²) in [5.41, 5.74) is 1.40. The number of halogens is 1. The molecule has 0 spiro atoms. The van der Waals surface area contributed by atoms with Gasteiger partial charge in [-0.2, -0.15) is 0 Å². The van der Waals surface area contributed by atoms with Crippen molar-refractivity contribution in [2.24, 2.45) is 10.1 Å². The monoisotopic (exact) mass is 492 g/mol. The van der Waals surface area contributed by atoms with Crippen molar-refractivity contribution in [1.82, 2.24) is 10.3 Å². The predicted octanol–water partition coefficient (Wildman–Crippen LogP) is 5.06. The Bertz CT molecular complexity index is 1350. The third-order valence-electron chi connectivity index (χ3n) is 5.76. The largest absolute Gasteiger partial charge is 0.457 e. The Kier molecular flexibility index (Phi) is 6.74. The molecule has 0 fully saturated rings. The summed E-state index contributed by atoms with van der Waals surface area (Å²) in [7, 11) is 0. The van der Waals surface area contributed by atoms with E-state index in [-0.39, 0.29) is 5.91 Å². The number of para-hydroxylation sites is 1. The van der Waals surface area contributed by atoms with Gasteiger partial charge in [0.15, 0.2) is 10.9 Å². The van der Waals surface area contributed by atoms with E-state index in [2.05, 4.69) is 12.2 Å². The summed E-state index contributed by atoms with van der Waals surface area (Å²) in [6, 6.07) is 18.9. The van der Waals surface area contributed by atoms with Crippen LogP contribution in [0.1, 0.15) is 44.5 Å². The van der Waals surface area contributed by atoms with Crippen molar-refractivity contribution >= 4 is 40.1 Å². The molecule has 0 saturated heterocycles. The van der Waals surface area contributed by atoms with Crippen molar-refractivity contribution in [3.63, 3.8) is 0 Å². The lowest BCUT2D eigenvalue weighted by Gasteiger charge is -2.32. The molecular weight excluding hydrogens is 468 g/mol. The second kappa shape index (κ2) is 10.1. The molecule has 1 aromatic heterocycles. The van der Waals surface area contributed by atoms with Gasteiger partial charge in [-0.05, 0) is 48.9 Å². The van der Waals surface area contributed by atoms with E-state index in [1.54, 1.807) is 16.8 Å². The van der Waals surface area contributed by atoms with Crippen LogP contribution in [-0.2, 0) is 4.79 Å². The number of carbonyl (C=O) groups excluding carboxylic acids is 1. The van der Waals surface area contributed by atoms with Crippen LogP contribution in [0.2, 0.25) is 5.02 Å². The first-order valence-corrected chi connectivity index (χ1v) is 12.9. The number of furan rings is 1. The highest BCUT2D eigenvalue weighted by molar-refractivity contribution is 8.13. The van der Waals surface area contributed by atoms with E-state index in [0.717, 1.165) is 28.3 Å². The normalized spacial score (nSPS) is 16.9. The van der Waals surface area contributed by atoms with Gasteiger partial charge in [0.1, 0.15) is 11.5 Å². The summed E-state index contributed by atoms with van der Waals surface area (Å²) >= 11 is 7.60. The zero-order chi connectivity index (χ0) is 23.5. The number of hydrazone groups is 1. The fourth-order valence-corrected chi connectivity index (χ4v) is 5.01. The third kappa shape index (κ3) is 4.63. The van der Waals surface area contributed by atoms with Gasteiger partial charge in [-0.25, -0.2) is 10.0 Å². The van der Waals surface area contributed by atoms with E-state index in [4.69, 9.17) is 26.1 Å². The molecule has 2 aromatic carbocycles. The van der Waals surface area contributed by atoms with Crippen LogP contribution < -0.4 is 15.9 Å². The molecule has 2 aliphatic rings. The molecule has 174 valence electrons. The minimum absolute atomic E-state index is 0.178. The predicted molar refractivity (Wildman–Crippen MR) is 137 cm³/mol. The summed E-state index contributed by atoms with van der Waals surface area (Å²) < 4.78 is 6.21. The van der Waals surface area contributed by atoms with Crippen LogP contribution >= 0.6 is 23.4 Å². The lowest BCUT2D eigenvalue weighted by molar-refractivity contribution is -0.116. The molecule has 2 aliphatic heterocycles. The van der Waals surface area contributed by atoms with Crippen LogP contribution in [0.4, 0.5) is 0 Å². The Hall–Kier alpha value is -3.03. The molecule has 0 unspecified atom stereocenters. The number of nitrogens with one attached hydrogen (secondary N) is 1. The summed E-state index contributed by atoms with van der Waals surface area (Å²) in [5, 5.41) is 12.2. The first-order valence-electron chi connectivity index (χ1n) is 11.5. The van der Waals surface area contributed by atoms with Gasteiger partial charge in [-0.3, -0.25) is 10.1 Å². The van der Waals surface area contributed by atoms with Gasteiger partial charge < -0.3 is 4.42 Å². The Morgan fingerprint density at radius 2 is 1.88 bits per heavy atom. The van der Waals surface area contributed by atoms with E-state index in [0.29, 0.717) is 27.4 Å². The zero-order valence-corrected chi connectivity index (χ0v) is 20.4. The molecular formula is C26H25ClN4O2S. The second-order valence-corrected chi connectivity index (χ2v) is 9.71. The minimum Gasteiger partial charge on any atom is -0.457 e. The standard InChI is InChI=1S/C26H25ClN4O2S/c1-2-3-4-7-16-34-26-29-25(32)23-19-8-5-6-9-20(19)28-24(31(23)30-26)22-15-14-21(33-22)17-10-12-18(27)13-11-17/h5-6,8-15,24H,2-4,7,16H2,1H3,(H,29,30,32)/t24-/m0/s1. The van der Waals surface area contributed by atoms with Crippen LogP contribution in [0, 0.1) is 0 Å². The first kappa shape index (κ1) is 22.7. The van der Waals surface area contributed by atoms with Gasteiger partial charge in [-0.15, -0.1) is 5.10 Å². The number of hydrogen-bond donors (Lipinski definition) is 1. The number of amidine groups is 1. The van der Waals surface area contributed by atoms with Crippen molar-refractivity contribution in [2.75, 3.05) is 5.75 Å². The van der Waals surface area contributed by atoms with Gasteiger partial charge in [-0.1, -0.05) is 67.7 Å². The maximum atomic E-state index is 13.2. The number of nitrogens with zero attached hydrogens (tertiary/aromatic N) is 3. The maximum Gasteiger partial charge on any atom is 0.276 e. The number of unbranched alkanes of at least 4 members (excludes halogenated alkanes) is 3. The SMILES string of the molecule is CCCCCCSC1=NN2C(=c3ccccc3=N[C@@H]2c2ccc(-c3ccc(Cl)cc3)o2)C(=O)N1. The van der Waals surface area contributed by atoms with Crippen molar-refractivity contribution in [3.05, 3.63) is 82.0 Å². The van der Waals surface area contributed by atoms with E-state index < -0.39 is 6.17 Å². The molecule has 3 aromatic rings. The minimum atomic E-state index is -0.576. The Morgan fingerprint density at radius 3 is 2.71 bits per heavy atom. The second-order valence-electron chi connectivity index (χ2n) is 8.19. The maximum absolute atomic E-state index is 13.2. The van der Waals surface area contributed by atoms with Crippen LogP contribution in [-0.4, -0.2) is 21.8 Å². The van der Waals surface area contributed by atoms with Crippen LogP contribution in [0.3, 0.4) is 0 Å². The smallest absolute Gasteiger partial charge is 0.276 e. The Morgan fingerprint density at radius 1 is 1.06 bits per heavy atom. The van der Waals surface area contributed by atoms with Gasteiger partial charge in [0, 0.05) is 21.6 Å². The number of carbonyl (C=O) groups is 1. The summed E-state index contributed by atoms with van der Waals surface area (Å²) in [6.07, 6.45) is 4.10. The Balaban J connectivity index is 1.50. The summed E-state index contributed by atoms with van der Waals surface area (Å²) in [6.45, 7) is 2.20. The van der Waals surface area contributed by atoms with Crippen LogP contribution in [0.15, 0.2) is 75.2 Å². The molecule has 1 N–H and O–H groups in total. The van der Waals surface area contributed by atoms with E-state index in [1.807, 2.05) is 60.7 Å². The molecule has 0 saturated carbocycles. The van der Waals surface area contributed by atoms with E-state index >= 15 is 0 Å². The lowest BCUT2D eigenvalue weighted by Crippen LogP contribution is -2.50. The average molecular weight is 493 g/mol. The fourth-order valence-electron chi connectivity index (χ4n) is 4.04. The molecule has 5 rings (SSSR count). The van der Waals surface area contributed by atoms with Gasteiger partial charge in [0.2, 0.25) is 6.17 Å². The molecule has 3 heterocycles. The van der Waals surface area contributed by atoms with Crippen molar-refractivity contribution in [3.8, 4) is 11.3 Å². The molecule has 6 nitrogen and oxygen atoms in total. The summed E-state index contributed by atoms with van der Waals surface area (Å²) in [4.78, 5) is 18.1. The lowest BCUT2D eigenvalue weighted by atomic mass is 10.1. The third-order valence-corrected chi connectivity index (χ3v) is 6.96. The van der Waals surface area contributed by atoms with E-state index in [1.165, 1.54) is 19.3 Å². The molecule has 1 amide bonds. The number of hydrogen-bond acceptors (Lipinski definition) is 6. The van der Waals surface area contributed by atoms with Crippen LogP contribution in [0.25, 0.3) is 17.0 Å². The molecule has 34 heavy (non-hydrogen) atoms. The molecule has 0 aliphatic carbocycles. The molecule has 8 heteroatoms. The highest BCUT2D eigenvalue weighted by Crippen LogP contribution is 2.34. The van der Waals surface area contributed by atoms with Crippen LogP contribution in [0.5, 0.6) is 0 Å². The topological polar surface area (TPSA) is 70.2 Å². The molecule has 0 bridgehead atoms. The fraction of sp³-hybridized carbons (Fsp3) is 0.269. The quantitative estimate of drug-likeness (QED) is 0.468. The summed E-state index contributed by atoms with van der Waals surface area (Å²) in [5.74, 6) is 2.05. The molecule has 0 radical (unpaired) electrons. The highest BCUT2D eigenvalue weighted by Gasteiger charge is 2.35. The Labute approximate surface area is 207 Å². The average Bonchev–Trinajstić information content (AvgIpc) is 3.34. The van der Waals surface area contributed by atoms with Gasteiger partial charge >= 0.3 is 0 Å². The van der Waals surface area contributed by atoms with Crippen molar-refractivity contribution in [2.45, 2.75) is 38.8 Å². The number of amides is 1. The number of fused-ring (bicyclic) bond motifs is 2. The zero-order valence-electron chi connectivity index (χ0n) is 18.8. The van der Waals surface area contributed by atoms with E-state index in [9.17, 15) is 4.79 Å². The van der Waals surface area contributed by atoms with Crippen molar-refractivity contribution < 1.29 is 9.21 Å². The van der Waals surface area contributed by atoms with Crippen molar-refractivity contribution in [1.29, 1.82) is 0 Å². The number of benzene rings is 2. The number of rotatable bonds is 7.